The maximum absolute atomic E-state index is 13.0. The molecule has 1 amide bonds. The maximum atomic E-state index is 13.0. The fourth-order valence-corrected chi connectivity index (χ4v) is 4.77. The lowest BCUT2D eigenvalue weighted by Crippen LogP contribution is -2.48. The van der Waals surface area contributed by atoms with E-state index in [4.69, 9.17) is 16.3 Å². The van der Waals surface area contributed by atoms with Gasteiger partial charge in [-0.1, -0.05) is 41.9 Å². The highest BCUT2D eigenvalue weighted by atomic mass is 35.5. The number of carbonyl (C=O) groups is 1. The van der Waals surface area contributed by atoms with Crippen molar-refractivity contribution in [3.8, 4) is 5.75 Å². The van der Waals surface area contributed by atoms with E-state index in [1.165, 1.54) is 22.5 Å². The third-order valence-corrected chi connectivity index (χ3v) is 6.94. The zero-order chi connectivity index (χ0) is 21.8. The summed E-state index contributed by atoms with van der Waals surface area (Å²) in [6, 6.07) is 16.2. The number of piperazine rings is 1. The second-order valence-corrected chi connectivity index (χ2v) is 9.36. The van der Waals surface area contributed by atoms with Crippen LogP contribution < -0.4 is 4.74 Å². The number of ether oxygens (including phenoxy) is 1. The van der Waals surface area contributed by atoms with Crippen LogP contribution in [0.3, 0.4) is 0 Å². The number of hydrogen-bond donors (Lipinski definition) is 0. The summed E-state index contributed by atoms with van der Waals surface area (Å²) < 4.78 is 5.87. The molecule has 1 fully saturated rings. The van der Waals surface area contributed by atoms with E-state index in [0.717, 1.165) is 48.7 Å². The molecule has 4 rings (SSSR count). The van der Waals surface area contributed by atoms with Crippen molar-refractivity contribution in [3.63, 3.8) is 0 Å². The summed E-state index contributed by atoms with van der Waals surface area (Å²) in [5, 5.41) is 2.59. The molecule has 1 aromatic heterocycles. The minimum absolute atomic E-state index is 0.111. The summed E-state index contributed by atoms with van der Waals surface area (Å²) >= 11 is 7.69. The molecule has 0 saturated carbocycles. The van der Waals surface area contributed by atoms with E-state index in [-0.39, 0.29) is 5.91 Å². The minimum atomic E-state index is 0.111. The van der Waals surface area contributed by atoms with Crippen LogP contribution in [0.5, 0.6) is 5.75 Å². The van der Waals surface area contributed by atoms with E-state index in [2.05, 4.69) is 36.1 Å². The SMILES string of the molecule is Cc1ccc(Cl)c(OCc2csc(C(=O)N3CCN(Cc4ccccc4C)CC3)c2)c1. The number of benzene rings is 2. The summed E-state index contributed by atoms with van der Waals surface area (Å²) in [4.78, 5) is 18.1. The number of amides is 1. The molecule has 0 spiro atoms. The Labute approximate surface area is 193 Å². The molecule has 2 aromatic carbocycles. The standard InChI is InChI=1S/C25H27ClN2O2S/c1-18-7-8-22(26)23(13-18)30-16-20-14-24(31-17-20)25(29)28-11-9-27(10-12-28)15-21-6-4-3-5-19(21)2/h3-8,13-14,17H,9-12,15-16H2,1-2H3. The average Bonchev–Trinajstić information content (AvgIpc) is 3.25. The molecule has 0 aliphatic carbocycles. The van der Waals surface area contributed by atoms with E-state index in [0.29, 0.717) is 17.4 Å². The van der Waals surface area contributed by atoms with Crippen molar-refractivity contribution in [1.82, 2.24) is 9.80 Å². The summed E-state index contributed by atoms with van der Waals surface area (Å²) in [6.07, 6.45) is 0. The fraction of sp³-hybridized carbons (Fsp3) is 0.320. The van der Waals surface area contributed by atoms with Gasteiger partial charge in [-0.15, -0.1) is 11.3 Å². The molecule has 0 atom stereocenters. The van der Waals surface area contributed by atoms with Crippen LogP contribution in [-0.2, 0) is 13.2 Å². The molecule has 0 unspecified atom stereocenters. The van der Waals surface area contributed by atoms with Crippen molar-refractivity contribution in [2.75, 3.05) is 26.2 Å². The Bertz CT molecular complexity index is 1060. The molecule has 0 N–H and O–H groups in total. The van der Waals surface area contributed by atoms with Crippen LogP contribution in [0.25, 0.3) is 0 Å². The molecular formula is C25H27ClN2O2S. The summed E-state index contributed by atoms with van der Waals surface area (Å²) in [5.41, 5.74) is 4.77. The molecule has 162 valence electrons. The third-order valence-electron chi connectivity index (χ3n) is 5.66. The Balaban J connectivity index is 1.30. The molecule has 2 heterocycles. The molecular weight excluding hydrogens is 428 g/mol. The first-order valence-corrected chi connectivity index (χ1v) is 11.8. The van der Waals surface area contributed by atoms with Gasteiger partial charge in [-0.2, -0.15) is 0 Å². The second kappa shape index (κ2) is 9.86. The summed E-state index contributed by atoms with van der Waals surface area (Å²) in [5.74, 6) is 0.783. The molecule has 4 nitrogen and oxygen atoms in total. The van der Waals surface area contributed by atoms with E-state index >= 15 is 0 Å². The maximum Gasteiger partial charge on any atom is 0.264 e. The number of hydrogen-bond acceptors (Lipinski definition) is 4. The van der Waals surface area contributed by atoms with Crippen molar-refractivity contribution in [1.29, 1.82) is 0 Å². The van der Waals surface area contributed by atoms with Gasteiger partial charge in [0.05, 0.1) is 9.90 Å². The Kier molecular flexibility index (Phi) is 6.96. The Hall–Kier alpha value is -2.34. The molecule has 1 aliphatic heterocycles. The first-order valence-electron chi connectivity index (χ1n) is 10.5. The topological polar surface area (TPSA) is 32.8 Å². The smallest absolute Gasteiger partial charge is 0.264 e. The van der Waals surface area contributed by atoms with Gasteiger partial charge >= 0.3 is 0 Å². The second-order valence-electron chi connectivity index (χ2n) is 8.04. The zero-order valence-electron chi connectivity index (χ0n) is 17.9. The number of aryl methyl sites for hydroxylation is 2. The van der Waals surface area contributed by atoms with E-state index in [1.807, 2.05) is 41.5 Å². The predicted molar refractivity (Wildman–Crippen MR) is 127 cm³/mol. The Morgan fingerprint density at radius 3 is 2.61 bits per heavy atom. The third kappa shape index (κ3) is 5.48. The molecule has 3 aromatic rings. The zero-order valence-corrected chi connectivity index (χ0v) is 19.5. The lowest BCUT2D eigenvalue weighted by molar-refractivity contribution is 0.0633. The molecule has 0 radical (unpaired) electrons. The molecule has 1 aliphatic rings. The van der Waals surface area contributed by atoms with Gasteiger partial charge < -0.3 is 9.64 Å². The first-order chi connectivity index (χ1) is 15.0. The normalized spacial score (nSPS) is 14.6. The average molecular weight is 455 g/mol. The molecule has 6 heteroatoms. The van der Waals surface area contributed by atoms with Gasteiger partial charge in [0.2, 0.25) is 0 Å². The fourth-order valence-electron chi connectivity index (χ4n) is 3.74. The molecule has 0 bridgehead atoms. The van der Waals surface area contributed by atoms with E-state index in [1.54, 1.807) is 0 Å². The first kappa shape index (κ1) is 21.9. The van der Waals surface area contributed by atoms with Gasteiger partial charge in [-0.25, -0.2) is 0 Å². The van der Waals surface area contributed by atoms with Crippen LogP contribution in [-0.4, -0.2) is 41.9 Å². The molecule has 1 saturated heterocycles. The van der Waals surface area contributed by atoms with Crippen molar-refractivity contribution in [2.24, 2.45) is 0 Å². The Morgan fingerprint density at radius 2 is 1.84 bits per heavy atom. The van der Waals surface area contributed by atoms with Crippen LogP contribution in [0.1, 0.15) is 31.9 Å². The van der Waals surface area contributed by atoms with Crippen molar-refractivity contribution in [2.45, 2.75) is 27.0 Å². The lowest BCUT2D eigenvalue weighted by atomic mass is 10.1. The van der Waals surface area contributed by atoms with Crippen LogP contribution in [0.4, 0.5) is 0 Å². The number of halogens is 1. The van der Waals surface area contributed by atoms with E-state index < -0.39 is 0 Å². The highest BCUT2D eigenvalue weighted by Crippen LogP contribution is 2.27. The van der Waals surface area contributed by atoms with Crippen LogP contribution in [0.15, 0.2) is 53.9 Å². The highest BCUT2D eigenvalue weighted by molar-refractivity contribution is 7.12. The monoisotopic (exact) mass is 454 g/mol. The van der Waals surface area contributed by atoms with E-state index in [9.17, 15) is 4.79 Å². The Morgan fingerprint density at radius 1 is 1.06 bits per heavy atom. The van der Waals surface area contributed by atoms with Crippen molar-refractivity contribution < 1.29 is 9.53 Å². The minimum Gasteiger partial charge on any atom is -0.487 e. The summed E-state index contributed by atoms with van der Waals surface area (Å²) in [6.45, 7) is 8.81. The number of carbonyl (C=O) groups excluding carboxylic acids is 1. The summed E-state index contributed by atoms with van der Waals surface area (Å²) in [7, 11) is 0. The van der Waals surface area contributed by atoms with Crippen LogP contribution in [0, 0.1) is 13.8 Å². The van der Waals surface area contributed by atoms with Gasteiger partial charge in [-0.05, 0) is 54.1 Å². The number of rotatable bonds is 6. The lowest BCUT2D eigenvalue weighted by Gasteiger charge is -2.34. The largest absolute Gasteiger partial charge is 0.487 e. The van der Waals surface area contributed by atoms with Crippen LogP contribution >= 0.6 is 22.9 Å². The van der Waals surface area contributed by atoms with Gasteiger partial charge in [0.25, 0.3) is 5.91 Å². The van der Waals surface area contributed by atoms with Gasteiger partial charge in [0.1, 0.15) is 12.4 Å². The van der Waals surface area contributed by atoms with Gasteiger partial charge in [0, 0.05) is 38.3 Å². The van der Waals surface area contributed by atoms with Gasteiger partial charge in [-0.3, -0.25) is 9.69 Å². The van der Waals surface area contributed by atoms with Crippen molar-refractivity contribution in [3.05, 3.63) is 86.1 Å². The predicted octanol–water partition coefficient (Wildman–Crippen LogP) is 5.56. The van der Waals surface area contributed by atoms with Gasteiger partial charge in [0.15, 0.2) is 0 Å². The number of thiophene rings is 1. The number of nitrogens with zero attached hydrogens (tertiary/aromatic N) is 2. The highest BCUT2D eigenvalue weighted by Gasteiger charge is 2.23. The molecule has 31 heavy (non-hydrogen) atoms. The quantitative estimate of drug-likeness (QED) is 0.489. The van der Waals surface area contributed by atoms with Crippen molar-refractivity contribution >= 4 is 28.8 Å². The van der Waals surface area contributed by atoms with Crippen LogP contribution in [0.2, 0.25) is 5.02 Å².